The molecule has 13 heteroatoms. The molecule has 2 aromatic heterocycles. The summed E-state index contributed by atoms with van der Waals surface area (Å²) in [5.41, 5.74) is 6.65. The number of amides is 2. The van der Waals surface area contributed by atoms with Crippen molar-refractivity contribution in [2.24, 2.45) is 5.73 Å². The standard InChI is InChI=1S/C32H35FN4O6.C5H13NO/c1-21(2)42-16-13-34-30(39)27-29(38)28-26(18-24(19-35-28)17-22-9-11-25(33)12-10-22)37(31(27)40)15-14-36(3)32(41)43-20-23-7-5-4-6-8-23;1-5(2)7-4-3-6/h4-12,18-19,21,38H,13-17,20H2,1-3H3,(H,34,39);5H,3-4,6H2,1-2H3. The number of benzene rings is 2. The largest absolute Gasteiger partial charge is 0.505 e. The average molecular weight is 694 g/mol. The van der Waals surface area contributed by atoms with E-state index in [4.69, 9.17) is 19.9 Å². The van der Waals surface area contributed by atoms with Crippen molar-refractivity contribution >= 4 is 23.0 Å². The van der Waals surface area contributed by atoms with E-state index in [1.165, 1.54) is 27.8 Å². The van der Waals surface area contributed by atoms with Gasteiger partial charge < -0.3 is 39.8 Å². The fraction of sp³-hybridized carbons (Fsp3) is 0.405. The first-order valence-corrected chi connectivity index (χ1v) is 16.5. The van der Waals surface area contributed by atoms with Gasteiger partial charge in [-0.25, -0.2) is 9.18 Å². The Morgan fingerprint density at radius 2 is 1.64 bits per heavy atom. The Kier molecular flexibility index (Phi) is 15.8. The van der Waals surface area contributed by atoms with Crippen LogP contribution in [0.1, 0.15) is 54.7 Å². The summed E-state index contributed by atoms with van der Waals surface area (Å²) in [5.74, 6) is -1.66. The maximum atomic E-state index is 13.7. The van der Waals surface area contributed by atoms with E-state index in [0.29, 0.717) is 31.2 Å². The van der Waals surface area contributed by atoms with Crippen LogP contribution in [0.25, 0.3) is 11.0 Å². The van der Waals surface area contributed by atoms with Gasteiger partial charge in [-0.3, -0.25) is 14.6 Å². The smallest absolute Gasteiger partial charge is 0.409 e. The molecule has 4 N–H and O–H groups in total. The lowest BCUT2D eigenvalue weighted by Crippen LogP contribution is -2.37. The number of aromatic hydroxyl groups is 1. The van der Waals surface area contributed by atoms with E-state index in [9.17, 15) is 23.9 Å². The number of ether oxygens (including phenoxy) is 3. The molecule has 12 nitrogen and oxygen atoms in total. The van der Waals surface area contributed by atoms with Crippen LogP contribution in [0.3, 0.4) is 0 Å². The number of fused-ring (bicyclic) bond motifs is 1. The van der Waals surface area contributed by atoms with Gasteiger partial charge in [0.25, 0.3) is 11.5 Å². The van der Waals surface area contributed by atoms with E-state index in [1.54, 1.807) is 25.2 Å². The van der Waals surface area contributed by atoms with Crippen molar-refractivity contribution < 1.29 is 33.3 Å². The lowest BCUT2D eigenvalue weighted by Gasteiger charge is -2.20. The van der Waals surface area contributed by atoms with Gasteiger partial charge in [-0.2, -0.15) is 0 Å². The van der Waals surface area contributed by atoms with Crippen LogP contribution in [0.4, 0.5) is 9.18 Å². The van der Waals surface area contributed by atoms with Crippen LogP contribution in [0.15, 0.2) is 71.7 Å². The summed E-state index contributed by atoms with van der Waals surface area (Å²) < 4.78 is 30.6. The molecule has 0 saturated carbocycles. The van der Waals surface area contributed by atoms with Crippen LogP contribution in [-0.2, 0) is 33.8 Å². The van der Waals surface area contributed by atoms with Crippen molar-refractivity contribution in [3.8, 4) is 5.75 Å². The second-order valence-electron chi connectivity index (χ2n) is 12.0. The Balaban J connectivity index is 0.000000872. The van der Waals surface area contributed by atoms with Crippen molar-refractivity contribution in [3.05, 3.63) is 105 Å². The first-order chi connectivity index (χ1) is 23.9. The van der Waals surface area contributed by atoms with Crippen LogP contribution in [0.2, 0.25) is 0 Å². The number of carbonyl (C=O) groups is 2. The summed E-state index contributed by atoms with van der Waals surface area (Å²) in [7, 11) is 1.54. The number of likely N-dealkylation sites (N-methyl/N-ethyl adjacent to an activating group) is 1. The van der Waals surface area contributed by atoms with Gasteiger partial charge in [0.05, 0.1) is 30.9 Å². The van der Waals surface area contributed by atoms with E-state index in [1.807, 2.05) is 58.0 Å². The average Bonchev–Trinajstić information content (AvgIpc) is 3.09. The van der Waals surface area contributed by atoms with Crippen molar-refractivity contribution in [2.45, 2.75) is 59.5 Å². The van der Waals surface area contributed by atoms with E-state index in [-0.39, 0.29) is 55.8 Å². The highest BCUT2D eigenvalue weighted by molar-refractivity contribution is 6.01. The predicted molar refractivity (Wildman–Crippen MR) is 190 cm³/mol. The zero-order valence-corrected chi connectivity index (χ0v) is 29.4. The van der Waals surface area contributed by atoms with Gasteiger partial charge in [0.15, 0.2) is 5.75 Å². The van der Waals surface area contributed by atoms with Crippen molar-refractivity contribution in [3.63, 3.8) is 0 Å². The second-order valence-corrected chi connectivity index (χ2v) is 12.0. The summed E-state index contributed by atoms with van der Waals surface area (Å²) in [4.78, 5) is 45.1. The number of nitrogens with one attached hydrogen (secondary N) is 1. The predicted octanol–water partition coefficient (Wildman–Crippen LogP) is 4.63. The SMILES string of the molecule is CC(C)OCCN.CC(C)OCCNC(=O)c1c(O)c2ncc(Cc3ccc(F)cc3)cc2n(CCN(C)C(=O)OCc2ccccc2)c1=O. The molecule has 0 fully saturated rings. The van der Waals surface area contributed by atoms with Crippen molar-refractivity contribution in [2.75, 3.05) is 39.9 Å². The van der Waals surface area contributed by atoms with Crippen LogP contribution in [-0.4, -0.2) is 83.7 Å². The summed E-state index contributed by atoms with van der Waals surface area (Å²) in [6.07, 6.45) is 1.63. The van der Waals surface area contributed by atoms with Gasteiger partial charge in [-0.05, 0) is 69.0 Å². The van der Waals surface area contributed by atoms with Crippen LogP contribution in [0, 0.1) is 5.82 Å². The highest BCUT2D eigenvalue weighted by Gasteiger charge is 2.24. The third-order valence-corrected chi connectivity index (χ3v) is 7.27. The van der Waals surface area contributed by atoms with Crippen molar-refractivity contribution in [1.29, 1.82) is 0 Å². The highest BCUT2D eigenvalue weighted by Crippen LogP contribution is 2.26. The molecule has 4 rings (SSSR count). The molecule has 0 radical (unpaired) electrons. The first kappa shape index (κ1) is 39.6. The summed E-state index contributed by atoms with van der Waals surface area (Å²) in [6.45, 7) is 9.53. The topological polar surface area (TPSA) is 158 Å². The first-order valence-electron chi connectivity index (χ1n) is 16.5. The van der Waals surface area contributed by atoms with Crippen LogP contribution < -0.4 is 16.6 Å². The normalized spacial score (nSPS) is 11.0. The summed E-state index contributed by atoms with van der Waals surface area (Å²) in [5, 5.41) is 13.6. The van der Waals surface area contributed by atoms with E-state index in [0.717, 1.165) is 11.1 Å². The van der Waals surface area contributed by atoms with Crippen LogP contribution in [0.5, 0.6) is 5.75 Å². The Morgan fingerprint density at radius 3 is 2.26 bits per heavy atom. The lowest BCUT2D eigenvalue weighted by atomic mass is 10.1. The third-order valence-electron chi connectivity index (χ3n) is 7.27. The van der Waals surface area contributed by atoms with Crippen LogP contribution >= 0.6 is 0 Å². The maximum Gasteiger partial charge on any atom is 0.409 e. The summed E-state index contributed by atoms with van der Waals surface area (Å²) >= 11 is 0. The molecule has 4 aromatic rings. The Bertz CT molecular complexity index is 1730. The molecule has 0 spiro atoms. The zero-order valence-electron chi connectivity index (χ0n) is 29.4. The van der Waals surface area contributed by atoms with E-state index < -0.39 is 28.9 Å². The molecule has 2 heterocycles. The molecule has 0 aliphatic rings. The van der Waals surface area contributed by atoms with Crippen molar-refractivity contribution in [1.82, 2.24) is 19.8 Å². The number of aromatic nitrogens is 2. The quantitative estimate of drug-likeness (QED) is 0.151. The number of carbonyl (C=O) groups excluding carboxylic acids is 2. The number of nitrogens with zero attached hydrogens (tertiary/aromatic N) is 3. The zero-order chi connectivity index (χ0) is 36.6. The van der Waals surface area contributed by atoms with E-state index in [2.05, 4.69) is 10.3 Å². The van der Waals surface area contributed by atoms with Gasteiger partial charge in [0, 0.05) is 39.4 Å². The van der Waals surface area contributed by atoms with Gasteiger partial charge >= 0.3 is 6.09 Å². The lowest BCUT2D eigenvalue weighted by molar-refractivity contribution is 0.0745. The molecule has 2 amide bonds. The van der Waals surface area contributed by atoms with Gasteiger partial charge in [0.1, 0.15) is 23.5 Å². The number of hydrogen-bond donors (Lipinski definition) is 3. The molecular weight excluding hydrogens is 645 g/mol. The van der Waals surface area contributed by atoms with Gasteiger partial charge in [0.2, 0.25) is 0 Å². The fourth-order valence-corrected chi connectivity index (χ4v) is 4.73. The minimum Gasteiger partial charge on any atom is -0.505 e. The molecule has 270 valence electrons. The molecule has 0 aliphatic heterocycles. The Morgan fingerprint density at radius 1 is 0.980 bits per heavy atom. The molecular formula is C37H48FN5O7. The molecule has 50 heavy (non-hydrogen) atoms. The third kappa shape index (κ3) is 12.2. The minimum absolute atomic E-state index is 0.00896. The number of nitrogens with two attached hydrogens (primary N) is 1. The van der Waals surface area contributed by atoms with Gasteiger partial charge in [-0.15, -0.1) is 0 Å². The second kappa shape index (κ2) is 20.0. The monoisotopic (exact) mass is 693 g/mol. The highest BCUT2D eigenvalue weighted by atomic mass is 19.1. The number of rotatable bonds is 15. The molecule has 0 saturated heterocycles. The number of halogens is 1. The summed E-state index contributed by atoms with van der Waals surface area (Å²) in [6, 6.07) is 16.9. The number of hydrogen-bond acceptors (Lipinski definition) is 9. The molecule has 0 bridgehead atoms. The minimum atomic E-state index is -0.765. The molecule has 2 aromatic carbocycles. The fourth-order valence-electron chi connectivity index (χ4n) is 4.73. The number of pyridine rings is 2. The molecule has 0 aliphatic carbocycles. The maximum absolute atomic E-state index is 13.7. The molecule has 0 atom stereocenters. The van der Waals surface area contributed by atoms with E-state index >= 15 is 0 Å². The molecule has 0 unspecified atom stereocenters. The Hall–Kier alpha value is -4.85. The Labute approximate surface area is 292 Å². The van der Waals surface area contributed by atoms with Gasteiger partial charge in [-0.1, -0.05) is 42.5 Å².